The van der Waals surface area contributed by atoms with Crippen molar-refractivity contribution in [2.24, 2.45) is 0 Å². The molecular formula is C19H15ClFN3O2. The van der Waals surface area contributed by atoms with E-state index in [1.54, 1.807) is 43.5 Å². The summed E-state index contributed by atoms with van der Waals surface area (Å²) in [5, 5.41) is 6.09. The van der Waals surface area contributed by atoms with Gasteiger partial charge in [-0.3, -0.25) is 4.79 Å². The Kier molecular flexibility index (Phi) is 5.34. The number of aromatic nitrogens is 1. The molecule has 3 aromatic rings. The smallest absolute Gasteiger partial charge is 0.274 e. The number of para-hydroxylation sites is 1. The number of halogens is 2. The van der Waals surface area contributed by atoms with Crippen molar-refractivity contribution in [3.8, 4) is 5.75 Å². The third-order valence-corrected chi connectivity index (χ3v) is 3.85. The van der Waals surface area contributed by atoms with Crippen LogP contribution in [0.3, 0.4) is 0 Å². The molecule has 0 radical (unpaired) electrons. The molecule has 0 saturated carbocycles. The van der Waals surface area contributed by atoms with Gasteiger partial charge in [-0.05, 0) is 42.5 Å². The van der Waals surface area contributed by atoms with Gasteiger partial charge in [-0.1, -0.05) is 23.7 Å². The number of carbonyl (C=O) groups excluding carboxylic acids is 1. The molecule has 26 heavy (non-hydrogen) atoms. The molecule has 2 N–H and O–H groups in total. The summed E-state index contributed by atoms with van der Waals surface area (Å²) < 4.78 is 18.7. The predicted molar refractivity (Wildman–Crippen MR) is 99.9 cm³/mol. The molecule has 0 aliphatic carbocycles. The van der Waals surface area contributed by atoms with Crippen LogP contribution < -0.4 is 15.4 Å². The second-order valence-corrected chi connectivity index (χ2v) is 5.75. The van der Waals surface area contributed by atoms with Gasteiger partial charge in [-0.2, -0.15) is 0 Å². The average Bonchev–Trinajstić information content (AvgIpc) is 2.64. The van der Waals surface area contributed by atoms with Crippen LogP contribution in [0.15, 0.2) is 60.8 Å². The second kappa shape index (κ2) is 7.84. The summed E-state index contributed by atoms with van der Waals surface area (Å²) in [5.74, 6) is -0.417. The van der Waals surface area contributed by atoms with Gasteiger partial charge in [-0.25, -0.2) is 9.37 Å². The maximum absolute atomic E-state index is 13.6. The van der Waals surface area contributed by atoms with Gasteiger partial charge in [0.15, 0.2) is 0 Å². The zero-order valence-electron chi connectivity index (χ0n) is 13.8. The zero-order chi connectivity index (χ0) is 18.5. The molecular weight excluding hydrogens is 357 g/mol. The number of benzene rings is 2. The van der Waals surface area contributed by atoms with Gasteiger partial charge in [0, 0.05) is 5.69 Å². The van der Waals surface area contributed by atoms with Crippen LogP contribution in [0.1, 0.15) is 10.5 Å². The summed E-state index contributed by atoms with van der Waals surface area (Å²) in [6.07, 6.45) is 1.51. The second-order valence-electron chi connectivity index (χ2n) is 5.34. The highest BCUT2D eigenvalue weighted by Crippen LogP contribution is 2.28. The van der Waals surface area contributed by atoms with Crippen LogP contribution in [-0.4, -0.2) is 18.0 Å². The van der Waals surface area contributed by atoms with Crippen LogP contribution in [0.2, 0.25) is 5.02 Å². The quantitative estimate of drug-likeness (QED) is 0.671. The number of methoxy groups -OCH3 is 1. The van der Waals surface area contributed by atoms with E-state index in [0.717, 1.165) is 5.69 Å². The molecule has 0 saturated heterocycles. The topological polar surface area (TPSA) is 63.2 Å². The van der Waals surface area contributed by atoms with E-state index in [2.05, 4.69) is 15.6 Å². The number of hydrogen-bond donors (Lipinski definition) is 2. The number of amides is 1. The van der Waals surface area contributed by atoms with Crippen molar-refractivity contribution in [2.45, 2.75) is 0 Å². The summed E-state index contributed by atoms with van der Waals surface area (Å²) in [4.78, 5) is 16.3. The first-order valence-electron chi connectivity index (χ1n) is 7.69. The molecule has 1 amide bonds. The summed E-state index contributed by atoms with van der Waals surface area (Å²) in [6, 6.07) is 14.5. The van der Waals surface area contributed by atoms with Gasteiger partial charge in [0.2, 0.25) is 0 Å². The molecule has 2 aromatic carbocycles. The molecule has 132 valence electrons. The van der Waals surface area contributed by atoms with Crippen molar-refractivity contribution in [3.05, 3.63) is 77.3 Å². The van der Waals surface area contributed by atoms with E-state index in [-0.39, 0.29) is 11.4 Å². The summed E-state index contributed by atoms with van der Waals surface area (Å²) in [6.45, 7) is 0. The third kappa shape index (κ3) is 4.10. The van der Waals surface area contributed by atoms with E-state index in [4.69, 9.17) is 16.3 Å². The Morgan fingerprint density at radius 3 is 2.54 bits per heavy atom. The predicted octanol–water partition coefficient (Wildman–Crippen LogP) is 4.88. The number of carbonyl (C=O) groups is 1. The lowest BCUT2D eigenvalue weighted by Gasteiger charge is -2.10. The average molecular weight is 372 g/mol. The van der Waals surface area contributed by atoms with E-state index in [9.17, 15) is 9.18 Å². The molecule has 7 heteroatoms. The molecule has 1 heterocycles. The summed E-state index contributed by atoms with van der Waals surface area (Å²) in [5.41, 5.74) is 1.70. The van der Waals surface area contributed by atoms with Crippen molar-refractivity contribution in [3.63, 3.8) is 0 Å². The van der Waals surface area contributed by atoms with Crippen molar-refractivity contribution in [1.29, 1.82) is 0 Å². The number of pyridine rings is 1. The zero-order valence-corrected chi connectivity index (χ0v) is 14.5. The number of nitrogens with one attached hydrogen (secondary N) is 2. The van der Waals surface area contributed by atoms with E-state index in [0.29, 0.717) is 16.5 Å². The fourth-order valence-corrected chi connectivity index (χ4v) is 2.52. The molecule has 1 aromatic heterocycles. The maximum Gasteiger partial charge on any atom is 0.274 e. The first-order chi connectivity index (χ1) is 12.6. The Bertz CT molecular complexity index is 932. The van der Waals surface area contributed by atoms with Crippen molar-refractivity contribution in [2.75, 3.05) is 17.7 Å². The van der Waals surface area contributed by atoms with Gasteiger partial charge in [0.1, 0.15) is 17.3 Å². The normalized spacial score (nSPS) is 10.3. The SMILES string of the molecule is COc1ccc(Nc2ccc(C(=O)Nc3ccccc3F)nc2)cc1Cl. The monoisotopic (exact) mass is 371 g/mol. The van der Waals surface area contributed by atoms with Gasteiger partial charge in [0.05, 0.1) is 29.7 Å². The maximum atomic E-state index is 13.6. The van der Waals surface area contributed by atoms with Gasteiger partial charge >= 0.3 is 0 Å². The Hall–Kier alpha value is -3.12. The number of ether oxygens (including phenoxy) is 1. The molecule has 0 unspecified atom stereocenters. The molecule has 5 nitrogen and oxygen atoms in total. The minimum absolute atomic E-state index is 0.106. The fraction of sp³-hybridized carbons (Fsp3) is 0.0526. The number of nitrogens with zero attached hydrogens (tertiary/aromatic N) is 1. The minimum atomic E-state index is -0.504. The largest absolute Gasteiger partial charge is 0.495 e. The molecule has 0 bridgehead atoms. The van der Waals surface area contributed by atoms with Gasteiger partial charge in [-0.15, -0.1) is 0 Å². The third-order valence-electron chi connectivity index (χ3n) is 3.56. The van der Waals surface area contributed by atoms with Gasteiger partial charge in [0.25, 0.3) is 5.91 Å². The van der Waals surface area contributed by atoms with Crippen molar-refractivity contribution < 1.29 is 13.9 Å². The van der Waals surface area contributed by atoms with E-state index in [1.165, 1.54) is 18.3 Å². The van der Waals surface area contributed by atoms with Crippen molar-refractivity contribution in [1.82, 2.24) is 4.98 Å². The van der Waals surface area contributed by atoms with Crippen LogP contribution in [0, 0.1) is 5.82 Å². The molecule has 3 rings (SSSR count). The van der Waals surface area contributed by atoms with Gasteiger partial charge < -0.3 is 15.4 Å². The number of hydrogen-bond acceptors (Lipinski definition) is 4. The van der Waals surface area contributed by atoms with Crippen LogP contribution >= 0.6 is 11.6 Å². The van der Waals surface area contributed by atoms with Crippen LogP contribution in [0.4, 0.5) is 21.5 Å². The fourth-order valence-electron chi connectivity index (χ4n) is 2.26. The minimum Gasteiger partial charge on any atom is -0.495 e. The highest BCUT2D eigenvalue weighted by Gasteiger charge is 2.10. The molecule has 0 aliphatic rings. The van der Waals surface area contributed by atoms with E-state index < -0.39 is 11.7 Å². The summed E-state index contributed by atoms with van der Waals surface area (Å²) in [7, 11) is 1.54. The standard InChI is InChI=1S/C19H15ClFN3O2/c1-26-18-9-7-12(10-14(18)20)23-13-6-8-17(22-11-13)19(25)24-16-5-3-2-4-15(16)21/h2-11,23H,1H3,(H,24,25). The Morgan fingerprint density at radius 1 is 1.12 bits per heavy atom. The molecule has 0 atom stereocenters. The lowest BCUT2D eigenvalue weighted by atomic mass is 10.2. The highest BCUT2D eigenvalue weighted by atomic mass is 35.5. The summed E-state index contributed by atoms with van der Waals surface area (Å²) >= 11 is 6.09. The number of anilines is 3. The van der Waals surface area contributed by atoms with Crippen LogP contribution in [-0.2, 0) is 0 Å². The highest BCUT2D eigenvalue weighted by molar-refractivity contribution is 6.32. The van der Waals surface area contributed by atoms with E-state index in [1.807, 2.05) is 6.07 Å². The Morgan fingerprint density at radius 2 is 1.88 bits per heavy atom. The lowest BCUT2D eigenvalue weighted by Crippen LogP contribution is -2.14. The van der Waals surface area contributed by atoms with E-state index >= 15 is 0 Å². The number of rotatable bonds is 5. The molecule has 0 spiro atoms. The lowest BCUT2D eigenvalue weighted by molar-refractivity contribution is 0.102. The Labute approximate surface area is 154 Å². The van der Waals surface area contributed by atoms with Crippen LogP contribution in [0.25, 0.3) is 0 Å². The Balaban J connectivity index is 1.69. The van der Waals surface area contributed by atoms with Crippen molar-refractivity contribution >= 4 is 34.6 Å². The van der Waals surface area contributed by atoms with Crippen LogP contribution in [0.5, 0.6) is 5.75 Å². The first kappa shape index (κ1) is 17.7. The molecule has 0 aliphatic heterocycles. The molecule has 0 fully saturated rings. The first-order valence-corrected chi connectivity index (χ1v) is 8.07.